The van der Waals surface area contributed by atoms with Crippen molar-refractivity contribution in [2.24, 2.45) is 11.8 Å². The fourth-order valence-corrected chi connectivity index (χ4v) is 1.34. The summed E-state index contributed by atoms with van der Waals surface area (Å²) < 4.78 is 5.03. The van der Waals surface area contributed by atoms with Crippen molar-refractivity contribution >= 4 is 11.8 Å². The standard InChI is InChI=1S/C14H26O3/c1-11(2)8-9-13(15)6-5-7-14(16)17-10-12(3)4/h11-12H,5-10H2,1-4H3. The Balaban J connectivity index is 3.49. The lowest BCUT2D eigenvalue weighted by molar-refractivity contribution is -0.144. The minimum absolute atomic E-state index is 0.185. The summed E-state index contributed by atoms with van der Waals surface area (Å²) in [5.74, 6) is 1.01. The van der Waals surface area contributed by atoms with E-state index in [1.165, 1.54) is 0 Å². The Bertz CT molecular complexity index is 208. The first-order chi connectivity index (χ1) is 7.91. The van der Waals surface area contributed by atoms with Crippen molar-refractivity contribution in [3.8, 4) is 0 Å². The van der Waals surface area contributed by atoms with Crippen LogP contribution in [0.5, 0.6) is 0 Å². The fraction of sp³-hybridized carbons (Fsp3) is 0.857. The van der Waals surface area contributed by atoms with Crippen LogP contribution in [0.1, 0.15) is 59.8 Å². The molecule has 3 nitrogen and oxygen atoms in total. The number of Topliss-reactive ketones (excluding diaryl/α,β-unsaturated/α-hetero) is 1. The lowest BCUT2D eigenvalue weighted by atomic mass is 10.0. The molecule has 0 aromatic carbocycles. The Morgan fingerprint density at radius 3 is 2.12 bits per heavy atom. The first-order valence-electron chi connectivity index (χ1n) is 6.59. The topological polar surface area (TPSA) is 43.4 Å². The van der Waals surface area contributed by atoms with Crippen LogP contribution < -0.4 is 0 Å². The molecule has 0 saturated carbocycles. The normalized spacial score (nSPS) is 10.9. The van der Waals surface area contributed by atoms with Gasteiger partial charge >= 0.3 is 5.97 Å². The Morgan fingerprint density at radius 1 is 0.941 bits per heavy atom. The van der Waals surface area contributed by atoms with E-state index in [4.69, 9.17) is 4.74 Å². The second-order valence-electron chi connectivity index (χ2n) is 5.40. The molecule has 0 aliphatic carbocycles. The SMILES string of the molecule is CC(C)CCC(=O)CCCC(=O)OCC(C)C. The van der Waals surface area contributed by atoms with Crippen LogP contribution in [0.15, 0.2) is 0 Å². The first kappa shape index (κ1) is 16.1. The minimum atomic E-state index is -0.185. The zero-order valence-electron chi connectivity index (χ0n) is 11.6. The number of ketones is 1. The van der Waals surface area contributed by atoms with Crippen molar-refractivity contribution in [3.05, 3.63) is 0 Å². The van der Waals surface area contributed by atoms with Gasteiger partial charge in [-0.3, -0.25) is 9.59 Å². The molecule has 0 amide bonds. The molecule has 0 aliphatic heterocycles. The van der Waals surface area contributed by atoms with Crippen LogP contribution in [0.2, 0.25) is 0 Å². The van der Waals surface area contributed by atoms with Gasteiger partial charge in [0.05, 0.1) is 6.61 Å². The number of rotatable bonds is 9. The molecule has 17 heavy (non-hydrogen) atoms. The average Bonchev–Trinajstić information content (AvgIpc) is 2.23. The molecule has 0 aromatic rings. The number of carbonyl (C=O) groups excluding carboxylic acids is 2. The zero-order chi connectivity index (χ0) is 13.3. The molecular formula is C14H26O3. The van der Waals surface area contributed by atoms with Gasteiger partial charge in [-0.05, 0) is 24.7 Å². The van der Waals surface area contributed by atoms with E-state index in [2.05, 4.69) is 13.8 Å². The molecule has 0 fully saturated rings. The molecule has 0 atom stereocenters. The fourth-order valence-electron chi connectivity index (χ4n) is 1.34. The van der Waals surface area contributed by atoms with Gasteiger partial charge < -0.3 is 4.74 Å². The molecule has 0 bridgehead atoms. The summed E-state index contributed by atoms with van der Waals surface area (Å²) in [7, 11) is 0. The van der Waals surface area contributed by atoms with E-state index < -0.39 is 0 Å². The Kier molecular flexibility index (Phi) is 8.73. The van der Waals surface area contributed by atoms with Crippen molar-refractivity contribution in [2.75, 3.05) is 6.61 Å². The summed E-state index contributed by atoms with van der Waals surface area (Å²) in [6.07, 6.45) is 3.06. The second-order valence-corrected chi connectivity index (χ2v) is 5.40. The maximum Gasteiger partial charge on any atom is 0.305 e. The molecule has 0 N–H and O–H groups in total. The summed E-state index contributed by atoms with van der Waals surface area (Å²) in [6, 6.07) is 0. The number of hydrogen-bond acceptors (Lipinski definition) is 3. The third-order valence-corrected chi connectivity index (χ3v) is 2.41. The van der Waals surface area contributed by atoms with Gasteiger partial charge in [-0.1, -0.05) is 27.7 Å². The van der Waals surface area contributed by atoms with Crippen molar-refractivity contribution in [3.63, 3.8) is 0 Å². The quantitative estimate of drug-likeness (QED) is 0.582. The van der Waals surface area contributed by atoms with Crippen molar-refractivity contribution in [1.29, 1.82) is 0 Å². The molecule has 0 radical (unpaired) electrons. The minimum Gasteiger partial charge on any atom is -0.465 e. The third-order valence-electron chi connectivity index (χ3n) is 2.41. The van der Waals surface area contributed by atoms with E-state index >= 15 is 0 Å². The van der Waals surface area contributed by atoms with Gasteiger partial charge in [-0.25, -0.2) is 0 Å². The van der Waals surface area contributed by atoms with E-state index in [-0.39, 0.29) is 11.8 Å². The Labute approximate surface area is 105 Å². The smallest absolute Gasteiger partial charge is 0.305 e. The highest BCUT2D eigenvalue weighted by molar-refractivity contribution is 5.79. The van der Waals surface area contributed by atoms with Gasteiger partial charge in [-0.15, -0.1) is 0 Å². The molecule has 3 heteroatoms. The second kappa shape index (κ2) is 9.20. The summed E-state index contributed by atoms with van der Waals surface area (Å²) >= 11 is 0. The average molecular weight is 242 g/mol. The molecular weight excluding hydrogens is 216 g/mol. The number of ether oxygens (including phenoxy) is 1. The highest BCUT2D eigenvalue weighted by Crippen LogP contribution is 2.08. The predicted octanol–water partition coefficient (Wildman–Crippen LogP) is 3.36. The van der Waals surface area contributed by atoms with E-state index in [0.29, 0.717) is 44.1 Å². The third kappa shape index (κ3) is 11.4. The van der Waals surface area contributed by atoms with Crippen LogP contribution >= 0.6 is 0 Å². The van der Waals surface area contributed by atoms with Crippen LogP contribution in [-0.2, 0) is 14.3 Å². The van der Waals surface area contributed by atoms with Crippen molar-refractivity contribution < 1.29 is 14.3 Å². The zero-order valence-corrected chi connectivity index (χ0v) is 11.6. The number of hydrogen-bond donors (Lipinski definition) is 0. The van der Waals surface area contributed by atoms with Crippen LogP contribution in [0.3, 0.4) is 0 Å². The maximum absolute atomic E-state index is 11.4. The highest BCUT2D eigenvalue weighted by Gasteiger charge is 2.07. The predicted molar refractivity (Wildman–Crippen MR) is 68.7 cm³/mol. The summed E-state index contributed by atoms with van der Waals surface area (Å²) in [5, 5.41) is 0. The van der Waals surface area contributed by atoms with Gasteiger partial charge in [0.1, 0.15) is 5.78 Å². The summed E-state index contributed by atoms with van der Waals surface area (Å²) in [4.78, 5) is 22.7. The van der Waals surface area contributed by atoms with Crippen LogP contribution in [0.4, 0.5) is 0 Å². The van der Waals surface area contributed by atoms with Gasteiger partial charge in [-0.2, -0.15) is 0 Å². The van der Waals surface area contributed by atoms with Crippen LogP contribution in [0, 0.1) is 11.8 Å². The molecule has 0 aromatic heterocycles. The Hall–Kier alpha value is -0.860. The monoisotopic (exact) mass is 242 g/mol. The first-order valence-corrected chi connectivity index (χ1v) is 6.59. The summed E-state index contributed by atoms with van der Waals surface area (Å²) in [6.45, 7) is 8.69. The molecule has 0 rings (SSSR count). The molecule has 0 saturated heterocycles. The lowest BCUT2D eigenvalue weighted by Gasteiger charge is -2.07. The molecule has 0 spiro atoms. The van der Waals surface area contributed by atoms with Gasteiger partial charge in [0.15, 0.2) is 0 Å². The highest BCUT2D eigenvalue weighted by atomic mass is 16.5. The van der Waals surface area contributed by atoms with Crippen LogP contribution in [-0.4, -0.2) is 18.4 Å². The number of esters is 1. The van der Waals surface area contributed by atoms with E-state index in [1.54, 1.807) is 0 Å². The maximum atomic E-state index is 11.4. The molecule has 0 heterocycles. The summed E-state index contributed by atoms with van der Waals surface area (Å²) in [5.41, 5.74) is 0. The number of carbonyl (C=O) groups is 2. The van der Waals surface area contributed by atoms with E-state index in [9.17, 15) is 9.59 Å². The molecule has 0 aliphatic rings. The molecule has 100 valence electrons. The van der Waals surface area contributed by atoms with Crippen LogP contribution in [0.25, 0.3) is 0 Å². The van der Waals surface area contributed by atoms with Crippen molar-refractivity contribution in [2.45, 2.75) is 59.8 Å². The van der Waals surface area contributed by atoms with Gasteiger partial charge in [0.25, 0.3) is 0 Å². The van der Waals surface area contributed by atoms with Gasteiger partial charge in [0.2, 0.25) is 0 Å². The van der Waals surface area contributed by atoms with Gasteiger partial charge in [0, 0.05) is 19.3 Å². The lowest BCUT2D eigenvalue weighted by Crippen LogP contribution is -2.10. The van der Waals surface area contributed by atoms with E-state index in [0.717, 1.165) is 6.42 Å². The van der Waals surface area contributed by atoms with Crippen molar-refractivity contribution in [1.82, 2.24) is 0 Å². The Morgan fingerprint density at radius 2 is 1.59 bits per heavy atom. The molecule has 0 unspecified atom stereocenters. The largest absolute Gasteiger partial charge is 0.465 e. The van der Waals surface area contributed by atoms with E-state index in [1.807, 2.05) is 13.8 Å².